The number of hydrogen-bond donors (Lipinski definition) is 3. The summed E-state index contributed by atoms with van der Waals surface area (Å²) in [5.74, 6) is 0.809. The number of piperazine rings is 1. The topological polar surface area (TPSA) is 108 Å². The van der Waals surface area contributed by atoms with Gasteiger partial charge in [0.15, 0.2) is 5.65 Å². The Labute approximate surface area is 217 Å². The summed E-state index contributed by atoms with van der Waals surface area (Å²) in [7, 11) is 3.72. The molecule has 2 saturated heterocycles. The van der Waals surface area contributed by atoms with Crippen LogP contribution in [0.1, 0.15) is 23.2 Å². The van der Waals surface area contributed by atoms with E-state index >= 15 is 0 Å². The Hall–Kier alpha value is -2.64. The molecule has 0 spiro atoms. The first-order valence-electron chi connectivity index (χ1n) is 11.8. The van der Waals surface area contributed by atoms with Crippen molar-refractivity contribution in [2.24, 2.45) is 0 Å². The van der Waals surface area contributed by atoms with Crippen LogP contribution in [0, 0.1) is 3.57 Å². The van der Waals surface area contributed by atoms with Gasteiger partial charge in [-0.15, -0.1) is 0 Å². The summed E-state index contributed by atoms with van der Waals surface area (Å²) in [6.07, 6.45) is 1.83. The Balaban J connectivity index is 1.42. The highest BCUT2D eigenvalue weighted by molar-refractivity contribution is 14.1. The van der Waals surface area contributed by atoms with Gasteiger partial charge in [-0.05, 0) is 66.7 Å². The van der Waals surface area contributed by atoms with Gasteiger partial charge in [0.2, 0.25) is 5.88 Å². The number of nitrogens with zero attached hydrogens (tertiary/aromatic N) is 4. The number of carbonyl (C=O) groups is 1. The van der Waals surface area contributed by atoms with Crippen molar-refractivity contribution in [1.29, 1.82) is 0 Å². The molecule has 0 aliphatic carbocycles. The van der Waals surface area contributed by atoms with Gasteiger partial charge in [-0.25, -0.2) is 0 Å². The predicted molar refractivity (Wildman–Crippen MR) is 145 cm³/mol. The lowest BCUT2D eigenvalue weighted by Crippen LogP contribution is -2.44. The lowest BCUT2D eigenvalue weighted by Gasteiger charge is -2.34. The van der Waals surface area contributed by atoms with Crippen molar-refractivity contribution in [3.63, 3.8) is 0 Å². The van der Waals surface area contributed by atoms with Crippen LogP contribution in [0.15, 0.2) is 24.3 Å². The number of nitrogens with one attached hydrogen (secondary N) is 3. The highest BCUT2D eigenvalue weighted by atomic mass is 127. The van der Waals surface area contributed by atoms with Crippen molar-refractivity contribution >= 4 is 56.7 Å². The van der Waals surface area contributed by atoms with Crippen LogP contribution in [-0.4, -0.2) is 85.6 Å². The largest absolute Gasteiger partial charge is 0.480 e. The number of carbonyl (C=O) groups excluding carboxylic acids is 1. The van der Waals surface area contributed by atoms with Gasteiger partial charge in [0.1, 0.15) is 5.82 Å². The molecule has 35 heavy (non-hydrogen) atoms. The van der Waals surface area contributed by atoms with Crippen molar-refractivity contribution in [2.45, 2.75) is 18.9 Å². The summed E-state index contributed by atoms with van der Waals surface area (Å²) < 4.78 is 11.6. The zero-order valence-electron chi connectivity index (χ0n) is 19.9. The summed E-state index contributed by atoms with van der Waals surface area (Å²) in [5, 5.41) is 14.5. The van der Waals surface area contributed by atoms with Crippen molar-refractivity contribution in [1.82, 2.24) is 20.1 Å². The fourth-order valence-electron chi connectivity index (χ4n) is 4.49. The molecule has 10 nitrogen and oxygen atoms in total. The number of rotatable bonds is 6. The lowest BCUT2D eigenvalue weighted by molar-refractivity contribution is 0.0904. The Kier molecular flexibility index (Phi) is 7.25. The standard InChI is InChI=1S/C24H30IN7O3/c1-31-7-9-32(10-8-31)16-3-4-17(20(13-16)26-15-5-11-35-12-6-15)23(33)27-21-18-14-19(25)24(34-2)28-22(18)30-29-21/h3-4,13-15,26H,5-12H2,1-2H3,(H2,27,28,29,30,33). The molecule has 4 heterocycles. The van der Waals surface area contributed by atoms with Crippen LogP contribution >= 0.6 is 22.6 Å². The zero-order valence-corrected chi connectivity index (χ0v) is 22.1. The van der Waals surface area contributed by atoms with Gasteiger partial charge in [-0.1, -0.05) is 0 Å². The SMILES string of the molecule is COc1nc2n[nH]c(NC(=O)c3ccc(N4CCN(C)CC4)cc3NC3CCOCC3)c2cc1I. The Morgan fingerprint density at radius 3 is 2.71 bits per heavy atom. The maximum Gasteiger partial charge on any atom is 0.258 e. The third-order valence-corrected chi connectivity index (χ3v) is 7.37. The van der Waals surface area contributed by atoms with Crippen LogP contribution in [-0.2, 0) is 4.74 Å². The molecule has 0 atom stereocenters. The minimum absolute atomic E-state index is 0.208. The Morgan fingerprint density at radius 1 is 1.20 bits per heavy atom. The van der Waals surface area contributed by atoms with Gasteiger partial charge >= 0.3 is 0 Å². The number of methoxy groups -OCH3 is 1. The van der Waals surface area contributed by atoms with Crippen LogP contribution in [0.25, 0.3) is 11.0 Å². The van der Waals surface area contributed by atoms with E-state index < -0.39 is 0 Å². The molecule has 0 saturated carbocycles. The zero-order chi connectivity index (χ0) is 24.4. The van der Waals surface area contributed by atoms with Crippen molar-refractivity contribution in [3.8, 4) is 5.88 Å². The van der Waals surface area contributed by atoms with E-state index in [1.807, 2.05) is 18.2 Å². The van der Waals surface area contributed by atoms with Gasteiger partial charge < -0.3 is 29.9 Å². The maximum absolute atomic E-state index is 13.5. The quantitative estimate of drug-likeness (QED) is 0.376. The predicted octanol–water partition coefficient (Wildman–Crippen LogP) is 3.17. The molecule has 186 valence electrons. The number of hydrogen-bond acceptors (Lipinski definition) is 8. The molecule has 0 bridgehead atoms. The molecule has 0 radical (unpaired) electrons. The van der Waals surface area contributed by atoms with Crippen LogP contribution < -0.4 is 20.3 Å². The number of aromatic amines is 1. The van der Waals surface area contributed by atoms with E-state index in [4.69, 9.17) is 9.47 Å². The first-order chi connectivity index (χ1) is 17.0. The van der Waals surface area contributed by atoms with Crippen LogP contribution in [0.2, 0.25) is 0 Å². The number of fused-ring (bicyclic) bond motifs is 1. The molecule has 5 rings (SSSR count). The maximum atomic E-state index is 13.5. The van der Waals surface area contributed by atoms with E-state index in [1.165, 1.54) is 0 Å². The number of halogens is 1. The van der Waals surface area contributed by atoms with Gasteiger partial charge in [0, 0.05) is 56.8 Å². The van der Waals surface area contributed by atoms with Crippen LogP contribution in [0.3, 0.4) is 0 Å². The third kappa shape index (κ3) is 5.31. The molecular weight excluding hydrogens is 561 g/mol. The second kappa shape index (κ2) is 10.5. The second-order valence-electron chi connectivity index (χ2n) is 8.95. The summed E-state index contributed by atoms with van der Waals surface area (Å²) >= 11 is 2.16. The summed E-state index contributed by atoms with van der Waals surface area (Å²) in [6.45, 7) is 5.44. The Bertz CT molecular complexity index is 1200. The Morgan fingerprint density at radius 2 is 1.97 bits per heavy atom. The molecule has 3 N–H and O–H groups in total. The van der Waals surface area contributed by atoms with E-state index in [0.717, 1.165) is 72.6 Å². The summed E-state index contributed by atoms with van der Waals surface area (Å²) in [4.78, 5) is 22.6. The molecule has 3 aromatic rings. The van der Waals surface area contributed by atoms with E-state index in [9.17, 15) is 4.79 Å². The fraction of sp³-hybridized carbons (Fsp3) is 0.458. The molecule has 0 unspecified atom stereocenters. The molecule has 1 amide bonds. The average molecular weight is 591 g/mol. The number of benzene rings is 1. The average Bonchev–Trinajstić information content (AvgIpc) is 3.25. The van der Waals surface area contributed by atoms with Crippen molar-refractivity contribution < 1.29 is 14.3 Å². The van der Waals surface area contributed by atoms with Crippen molar-refractivity contribution in [3.05, 3.63) is 33.4 Å². The first kappa shape index (κ1) is 24.1. The minimum Gasteiger partial charge on any atom is -0.480 e. The van der Waals surface area contributed by atoms with E-state index in [0.29, 0.717) is 22.9 Å². The van der Waals surface area contributed by atoms with E-state index in [-0.39, 0.29) is 11.9 Å². The van der Waals surface area contributed by atoms with Gasteiger partial charge in [-0.2, -0.15) is 10.1 Å². The molecular formula is C24H30IN7O3. The van der Waals surface area contributed by atoms with Gasteiger partial charge in [0.25, 0.3) is 5.91 Å². The molecule has 11 heteroatoms. The number of anilines is 3. The summed E-state index contributed by atoms with van der Waals surface area (Å²) in [5.41, 5.74) is 3.04. The number of pyridine rings is 1. The molecule has 2 aliphatic heterocycles. The number of ether oxygens (including phenoxy) is 2. The monoisotopic (exact) mass is 591 g/mol. The normalized spacial score (nSPS) is 17.5. The van der Waals surface area contributed by atoms with Crippen molar-refractivity contribution in [2.75, 3.05) is 69.1 Å². The molecule has 2 aromatic heterocycles. The highest BCUT2D eigenvalue weighted by Crippen LogP contribution is 2.30. The van der Waals surface area contributed by atoms with Gasteiger partial charge in [-0.3, -0.25) is 9.89 Å². The minimum atomic E-state index is -0.208. The summed E-state index contributed by atoms with van der Waals surface area (Å²) in [6, 6.07) is 8.22. The second-order valence-corrected chi connectivity index (χ2v) is 10.1. The van der Waals surface area contributed by atoms with Gasteiger partial charge in [0.05, 0.1) is 21.6 Å². The van der Waals surface area contributed by atoms with Crippen LogP contribution in [0.4, 0.5) is 17.2 Å². The lowest BCUT2D eigenvalue weighted by atomic mass is 10.1. The van der Waals surface area contributed by atoms with E-state index in [1.54, 1.807) is 7.11 Å². The van der Waals surface area contributed by atoms with E-state index in [2.05, 4.69) is 71.3 Å². The number of aromatic nitrogens is 3. The molecule has 2 aliphatic rings. The highest BCUT2D eigenvalue weighted by Gasteiger charge is 2.22. The fourth-order valence-corrected chi connectivity index (χ4v) is 5.15. The van der Waals surface area contributed by atoms with Crippen LogP contribution in [0.5, 0.6) is 5.88 Å². The molecule has 2 fully saturated rings. The molecule has 1 aromatic carbocycles. The smallest absolute Gasteiger partial charge is 0.258 e. The first-order valence-corrected chi connectivity index (χ1v) is 12.9. The number of likely N-dealkylation sites (N-methyl/N-ethyl adjacent to an activating group) is 1. The number of H-pyrrole nitrogens is 1. The third-order valence-electron chi connectivity index (χ3n) is 6.60. The number of amides is 1.